The molecule has 0 aliphatic carbocycles. The minimum absolute atomic E-state index is 0.174. The van der Waals surface area contributed by atoms with E-state index < -0.39 is 16.8 Å². The van der Waals surface area contributed by atoms with E-state index in [2.05, 4.69) is 4.72 Å². The Balaban J connectivity index is 2.87. The molecule has 5 heteroatoms. The summed E-state index contributed by atoms with van der Waals surface area (Å²) in [5.74, 6) is -0.0300. The molecule has 1 aromatic rings. The molecule has 0 radical (unpaired) electrons. The van der Waals surface area contributed by atoms with Gasteiger partial charge in [0.25, 0.3) is 0 Å². The lowest BCUT2D eigenvalue weighted by molar-refractivity contribution is 0.631. The van der Waals surface area contributed by atoms with Crippen LogP contribution in [0.4, 0.5) is 10.1 Å². The van der Waals surface area contributed by atoms with Crippen LogP contribution in [0.5, 0.6) is 0 Å². The lowest BCUT2D eigenvalue weighted by Gasteiger charge is -2.05. The van der Waals surface area contributed by atoms with E-state index in [0.29, 0.717) is 10.8 Å². The lowest BCUT2D eigenvalue weighted by atomic mass is 10.3. The third kappa shape index (κ3) is 2.97. The molecule has 13 heavy (non-hydrogen) atoms. The van der Waals surface area contributed by atoms with Crippen LogP contribution in [0.2, 0.25) is 5.02 Å². The number of anilines is 1. The molecule has 0 saturated heterocycles. The van der Waals surface area contributed by atoms with Gasteiger partial charge in [-0.05, 0) is 18.2 Å². The SMILES string of the molecule is CCS(=O)Nc1cc(Cl)ccc1F. The normalized spacial score (nSPS) is 12.5. The summed E-state index contributed by atoms with van der Waals surface area (Å²) in [6.07, 6.45) is 0. The van der Waals surface area contributed by atoms with Crippen LogP contribution in [0.1, 0.15) is 6.92 Å². The Morgan fingerprint density at radius 1 is 1.62 bits per heavy atom. The topological polar surface area (TPSA) is 29.1 Å². The molecule has 0 fully saturated rings. The molecule has 0 aliphatic heterocycles. The van der Waals surface area contributed by atoms with Crippen LogP contribution in [-0.2, 0) is 11.0 Å². The van der Waals surface area contributed by atoms with Crippen LogP contribution in [-0.4, -0.2) is 9.96 Å². The number of hydrogen-bond acceptors (Lipinski definition) is 1. The molecule has 1 unspecified atom stereocenters. The standard InChI is InChI=1S/C8H9ClFNOS/c1-2-13(12)11-8-5-6(9)3-4-7(8)10/h3-5,11H,2H2,1H3. The summed E-state index contributed by atoms with van der Waals surface area (Å²) in [4.78, 5) is 0. The van der Waals surface area contributed by atoms with E-state index in [0.717, 1.165) is 0 Å². The van der Waals surface area contributed by atoms with E-state index in [-0.39, 0.29) is 5.69 Å². The van der Waals surface area contributed by atoms with Crippen molar-refractivity contribution >= 4 is 28.3 Å². The second-order valence-electron chi connectivity index (χ2n) is 2.36. The molecule has 1 N–H and O–H groups in total. The molecule has 0 aliphatic rings. The van der Waals surface area contributed by atoms with Crippen molar-refractivity contribution in [3.05, 3.63) is 29.0 Å². The summed E-state index contributed by atoms with van der Waals surface area (Å²) in [6.45, 7) is 1.74. The molecule has 1 atom stereocenters. The van der Waals surface area contributed by atoms with Crippen molar-refractivity contribution in [2.24, 2.45) is 0 Å². The average molecular weight is 222 g/mol. The van der Waals surface area contributed by atoms with Gasteiger partial charge in [0.1, 0.15) is 16.8 Å². The molecule has 0 bridgehead atoms. The van der Waals surface area contributed by atoms with Gasteiger partial charge in [0.15, 0.2) is 0 Å². The molecular formula is C8H9ClFNOS. The van der Waals surface area contributed by atoms with Gasteiger partial charge in [0.05, 0.1) is 5.69 Å². The van der Waals surface area contributed by atoms with Gasteiger partial charge in [-0.25, -0.2) is 8.60 Å². The van der Waals surface area contributed by atoms with Crippen molar-refractivity contribution in [1.82, 2.24) is 0 Å². The van der Waals surface area contributed by atoms with Gasteiger partial charge in [-0.1, -0.05) is 18.5 Å². The Morgan fingerprint density at radius 2 is 2.31 bits per heavy atom. The van der Waals surface area contributed by atoms with Gasteiger partial charge in [0.2, 0.25) is 0 Å². The van der Waals surface area contributed by atoms with Gasteiger partial charge < -0.3 is 4.72 Å². The molecular weight excluding hydrogens is 213 g/mol. The van der Waals surface area contributed by atoms with E-state index >= 15 is 0 Å². The van der Waals surface area contributed by atoms with Crippen molar-refractivity contribution in [3.8, 4) is 0 Å². The quantitative estimate of drug-likeness (QED) is 0.835. The first-order chi connectivity index (χ1) is 6.13. The first kappa shape index (κ1) is 10.5. The highest BCUT2D eigenvalue weighted by atomic mass is 35.5. The fourth-order valence-corrected chi connectivity index (χ4v) is 1.49. The lowest BCUT2D eigenvalue weighted by Crippen LogP contribution is -2.07. The number of nitrogens with one attached hydrogen (secondary N) is 1. The molecule has 0 aromatic heterocycles. The number of hydrogen-bond donors (Lipinski definition) is 1. The van der Waals surface area contributed by atoms with Crippen LogP contribution >= 0.6 is 11.6 Å². The molecule has 0 amide bonds. The number of halogens is 2. The predicted octanol–water partition coefficient (Wildman–Crippen LogP) is 2.57. The average Bonchev–Trinajstić information content (AvgIpc) is 2.11. The largest absolute Gasteiger partial charge is 0.302 e. The first-order valence-corrected chi connectivity index (χ1v) is 5.43. The van der Waals surface area contributed by atoms with Gasteiger partial charge >= 0.3 is 0 Å². The highest BCUT2D eigenvalue weighted by Gasteiger charge is 2.04. The number of rotatable bonds is 3. The summed E-state index contributed by atoms with van der Waals surface area (Å²) >= 11 is 5.64. The van der Waals surface area contributed by atoms with Gasteiger partial charge in [-0.2, -0.15) is 0 Å². The summed E-state index contributed by atoms with van der Waals surface area (Å²) in [5.41, 5.74) is 0.174. The Morgan fingerprint density at radius 3 is 2.92 bits per heavy atom. The van der Waals surface area contributed by atoms with Gasteiger partial charge in [0, 0.05) is 10.8 Å². The van der Waals surface area contributed by atoms with Crippen LogP contribution < -0.4 is 4.72 Å². The van der Waals surface area contributed by atoms with Crippen LogP contribution in [0.3, 0.4) is 0 Å². The fraction of sp³-hybridized carbons (Fsp3) is 0.250. The van der Waals surface area contributed by atoms with E-state index in [4.69, 9.17) is 11.6 Å². The Bertz CT molecular complexity index is 332. The Labute approximate surface area is 83.7 Å². The Hall–Kier alpha value is -0.610. The van der Waals surface area contributed by atoms with Crippen LogP contribution in [0.15, 0.2) is 18.2 Å². The minimum atomic E-state index is -1.25. The predicted molar refractivity (Wildman–Crippen MR) is 53.7 cm³/mol. The van der Waals surface area contributed by atoms with Crippen LogP contribution in [0.25, 0.3) is 0 Å². The van der Waals surface area contributed by atoms with Crippen molar-refractivity contribution in [2.45, 2.75) is 6.92 Å². The molecule has 1 aromatic carbocycles. The monoisotopic (exact) mass is 221 g/mol. The zero-order valence-electron chi connectivity index (χ0n) is 7.01. The smallest absolute Gasteiger partial charge is 0.147 e. The first-order valence-electron chi connectivity index (χ1n) is 3.73. The molecule has 0 spiro atoms. The zero-order chi connectivity index (χ0) is 9.84. The highest BCUT2D eigenvalue weighted by molar-refractivity contribution is 7.86. The van der Waals surface area contributed by atoms with Gasteiger partial charge in [-0.15, -0.1) is 0 Å². The number of benzene rings is 1. The third-order valence-corrected chi connectivity index (χ3v) is 2.62. The van der Waals surface area contributed by atoms with Crippen molar-refractivity contribution in [1.29, 1.82) is 0 Å². The van der Waals surface area contributed by atoms with E-state index in [1.807, 2.05) is 0 Å². The molecule has 0 saturated carbocycles. The summed E-state index contributed by atoms with van der Waals surface area (Å²) in [7, 11) is -1.25. The Kier molecular flexibility index (Phi) is 3.69. The second kappa shape index (κ2) is 4.58. The van der Waals surface area contributed by atoms with E-state index in [1.165, 1.54) is 18.2 Å². The summed E-state index contributed by atoms with van der Waals surface area (Å²) in [5, 5.41) is 0.414. The van der Waals surface area contributed by atoms with E-state index in [9.17, 15) is 8.60 Å². The van der Waals surface area contributed by atoms with E-state index in [1.54, 1.807) is 6.92 Å². The second-order valence-corrected chi connectivity index (χ2v) is 4.27. The van der Waals surface area contributed by atoms with Gasteiger partial charge in [-0.3, -0.25) is 0 Å². The highest BCUT2D eigenvalue weighted by Crippen LogP contribution is 2.19. The molecule has 1 rings (SSSR count). The van der Waals surface area contributed by atoms with Crippen molar-refractivity contribution < 1.29 is 8.60 Å². The van der Waals surface area contributed by atoms with Crippen LogP contribution in [0, 0.1) is 5.82 Å². The fourth-order valence-electron chi connectivity index (χ4n) is 0.771. The molecule has 0 heterocycles. The summed E-state index contributed by atoms with van der Waals surface area (Å²) < 4.78 is 26.6. The zero-order valence-corrected chi connectivity index (χ0v) is 8.58. The maximum absolute atomic E-state index is 13.0. The summed E-state index contributed by atoms with van der Waals surface area (Å²) in [6, 6.07) is 4.08. The molecule has 2 nitrogen and oxygen atoms in total. The maximum Gasteiger partial charge on any atom is 0.147 e. The third-order valence-electron chi connectivity index (χ3n) is 1.41. The van der Waals surface area contributed by atoms with Crippen molar-refractivity contribution in [2.75, 3.05) is 10.5 Å². The molecule has 72 valence electrons. The van der Waals surface area contributed by atoms with Crippen molar-refractivity contribution in [3.63, 3.8) is 0 Å². The minimum Gasteiger partial charge on any atom is -0.302 e. The maximum atomic E-state index is 13.0.